The zero-order chi connectivity index (χ0) is 18.6. The number of nitrogens with zero attached hydrogens (tertiary/aromatic N) is 1. The average Bonchev–Trinajstić information content (AvgIpc) is 2.67. The van der Waals surface area contributed by atoms with Crippen LogP contribution < -0.4 is 4.74 Å². The van der Waals surface area contributed by atoms with E-state index < -0.39 is 0 Å². The number of aryl methyl sites for hydroxylation is 1. The Balaban J connectivity index is 1.68. The van der Waals surface area contributed by atoms with Crippen LogP contribution >= 0.6 is 0 Å². The number of unbranched alkanes of at least 4 members (excludes halogenated alkanes) is 5. The Labute approximate surface area is 159 Å². The number of carbonyl (C=O) groups excluding carboxylic acids is 1. The quantitative estimate of drug-likeness (QED) is 0.334. The normalized spacial score (nSPS) is 20.1. The van der Waals surface area contributed by atoms with Gasteiger partial charge in [-0.2, -0.15) is 0 Å². The van der Waals surface area contributed by atoms with Crippen molar-refractivity contribution < 1.29 is 9.53 Å². The second kappa shape index (κ2) is 12.1. The van der Waals surface area contributed by atoms with Crippen molar-refractivity contribution in [2.75, 3.05) is 0 Å². The monoisotopic (exact) mass is 359 g/mol. The zero-order valence-electron chi connectivity index (χ0n) is 16.8. The smallest absolute Gasteiger partial charge is 0.314 e. The predicted molar refractivity (Wildman–Crippen MR) is 107 cm³/mol. The summed E-state index contributed by atoms with van der Waals surface area (Å²) < 4.78 is 5.58. The molecule has 1 fully saturated rings. The first-order chi connectivity index (χ1) is 12.7. The largest absolute Gasteiger partial charge is 0.425 e. The van der Waals surface area contributed by atoms with Gasteiger partial charge in [0.2, 0.25) is 0 Å². The lowest BCUT2D eigenvalue weighted by molar-refractivity contribution is -0.140. The first kappa shape index (κ1) is 20.9. The lowest BCUT2D eigenvalue weighted by atomic mass is 9.80. The van der Waals surface area contributed by atoms with Gasteiger partial charge in [-0.15, -0.1) is 0 Å². The summed E-state index contributed by atoms with van der Waals surface area (Å²) in [5.74, 6) is 1.43. The second-order valence-corrected chi connectivity index (χ2v) is 7.93. The van der Waals surface area contributed by atoms with E-state index in [0.29, 0.717) is 5.75 Å². The fourth-order valence-electron chi connectivity index (χ4n) is 3.92. The van der Waals surface area contributed by atoms with Gasteiger partial charge < -0.3 is 4.74 Å². The number of hydrogen-bond donors (Lipinski definition) is 0. The summed E-state index contributed by atoms with van der Waals surface area (Å²) in [4.78, 5) is 16.9. The third-order valence-corrected chi connectivity index (χ3v) is 5.70. The van der Waals surface area contributed by atoms with Crippen molar-refractivity contribution in [3.63, 3.8) is 0 Å². The van der Waals surface area contributed by atoms with Crippen LogP contribution in [0.1, 0.15) is 96.6 Å². The van der Waals surface area contributed by atoms with Gasteiger partial charge in [0.15, 0.2) is 0 Å². The van der Waals surface area contributed by atoms with Gasteiger partial charge in [-0.1, -0.05) is 58.8 Å². The summed E-state index contributed by atoms with van der Waals surface area (Å²) in [5, 5.41) is 0. The molecule has 0 radical (unpaired) electrons. The highest BCUT2D eigenvalue weighted by Gasteiger charge is 2.27. The fourth-order valence-corrected chi connectivity index (χ4v) is 3.92. The van der Waals surface area contributed by atoms with E-state index in [0.717, 1.165) is 30.9 Å². The van der Waals surface area contributed by atoms with E-state index in [4.69, 9.17) is 4.74 Å². The van der Waals surface area contributed by atoms with Gasteiger partial charge in [-0.3, -0.25) is 9.78 Å². The molecular formula is C23H37NO2. The minimum atomic E-state index is -0.0602. The van der Waals surface area contributed by atoms with Crippen LogP contribution in [0.15, 0.2) is 18.3 Å². The summed E-state index contributed by atoms with van der Waals surface area (Å²) in [6, 6.07) is 3.89. The van der Waals surface area contributed by atoms with Crippen LogP contribution in [0.3, 0.4) is 0 Å². The highest BCUT2D eigenvalue weighted by molar-refractivity contribution is 5.75. The van der Waals surface area contributed by atoms with Crippen LogP contribution in [0.2, 0.25) is 0 Å². The van der Waals surface area contributed by atoms with Crippen LogP contribution in [0.5, 0.6) is 5.75 Å². The Morgan fingerprint density at radius 2 is 1.73 bits per heavy atom. The van der Waals surface area contributed by atoms with Crippen LogP contribution in [0.25, 0.3) is 0 Å². The molecule has 0 aromatic carbocycles. The Morgan fingerprint density at radius 3 is 2.38 bits per heavy atom. The molecular weight excluding hydrogens is 322 g/mol. The predicted octanol–water partition coefficient (Wildman–Crippen LogP) is 6.50. The van der Waals surface area contributed by atoms with E-state index >= 15 is 0 Å². The summed E-state index contributed by atoms with van der Waals surface area (Å²) in [6.07, 6.45) is 17.4. The minimum Gasteiger partial charge on any atom is -0.425 e. The lowest BCUT2D eigenvalue weighted by Crippen LogP contribution is -2.25. The lowest BCUT2D eigenvalue weighted by Gasteiger charge is -2.27. The SMILES string of the molecule is CCCCCCC1CCC(C(=O)Oc2ccc(CCCCC)nc2)CC1. The van der Waals surface area contributed by atoms with Crippen molar-refractivity contribution in [2.45, 2.75) is 97.3 Å². The standard InChI is InChI=1S/C23H37NO2/c1-3-5-7-9-10-19-12-14-20(15-13-19)23(25)26-22-17-16-21(24-18-22)11-8-6-4-2/h16-20H,3-15H2,1-2H3. The molecule has 26 heavy (non-hydrogen) atoms. The highest BCUT2D eigenvalue weighted by Crippen LogP contribution is 2.33. The summed E-state index contributed by atoms with van der Waals surface area (Å²) >= 11 is 0. The molecule has 1 aromatic heterocycles. The molecule has 0 aliphatic heterocycles. The van der Waals surface area contributed by atoms with Crippen LogP contribution in [-0.4, -0.2) is 11.0 Å². The van der Waals surface area contributed by atoms with Crippen molar-refractivity contribution in [3.05, 3.63) is 24.0 Å². The number of rotatable bonds is 11. The molecule has 2 rings (SSSR count). The van der Waals surface area contributed by atoms with Gasteiger partial charge in [0.05, 0.1) is 12.1 Å². The Hall–Kier alpha value is -1.38. The van der Waals surface area contributed by atoms with Crippen molar-refractivity contribution in [1.29, 1.82) is 0 Å². The Morgan fingerprint density at radius 1 is 1.00 bits per heavy atom. The molecule has 0 atom stereocenters. The van der Waals surface area contributed by atoms with Crippen molar-refractivity contribution in [3.8, 4) is 5.75 Å². The first-order valence-corrected chi connectivity index (χ1v) is 10.9. The second-order valence-electron chi connectivity index (χ2n) is 7.93. The number of hydrogen-bond acceptors (Lipinski definition) is 3. The molecule has 3 nitrogen and oxygen atoms in total. The average molecular weight is 360 g/mol. The van der Waals surface area contributed by atoms with Gasteiger partial charge in [0.25, 0.3) is 0 Å². The summed E-state index contributed by atoms with van der Waals surface area (Å²) in [6.45, 7) is 4.46. The Kier molecular flexibility index (Phi) is 9.73. The van der Waals surface area contributed by atoms with Gasteiger partial charge in [0, 0.05) is 5.69 Å². The molecule has 1 aliphatic carbocycles. The van der Waals surface area contributed by atoms with E-state index in [9.17, 15) is 4.79 Å². The topological polar surface area (TPSA) is 39.2 Å². The number of aromatic nitrogens is 1. The van der Waals surface area contributed by atoms with Gasteiger partial charge in [0.1, 0.15) is 5.75 Å². The molecule has 1 aliphatic rings. The maximum absolute atomic E-state index is 12.4. The highest BCUT2D eigenvalue weighted by atomic mass is 16.5. The van der Waals surface area contributed by atoms with Crippen molar-refractivity contribution >= 4 is 5.97 Å². The molecule has 0 bridgehead atoms. The van der Waals surface area contributed by atoms with E-state index in [-0.39, 0.29) is 11.9 Å². The summed E-state index contributed by atoms with van der Waals surface area (Å²) in [7, 11) is 0. The molecule has 3 heteroatoms. The van der Waals surface area contributed by atoms with Crippen molar-refractivity contribution in [1.82, 2.24) is 4.98 Å². The molecule has 0 spiro atoms. The maximum Gasteiger partial charge on any atom is 0.314 e. The van der Waals surface area contributed by atoms with Crippen LogP contribution in [0, 0.1) is 11.8 Å². The van der Waals surface area contributed by atoms with Crippen LogP contribution in [0.4, 0.5) is 0 Å². The Bertz CT molecular complexity index is 503. The van der Waals surface area contributed by atoms with E-state index in [1.54, 1.807) is 6.20 Å². The van der Waals surface area contributed by atoms with Crippen molar-refractivity contribution in [2.24, 2.45) is 11.8 Å². The molecule has 1 heterocycles. The number of ether oxygens (including phenoxy) is 1. The van der Waals surface area contributed by atoms with Gasteiger partial charge in [-0.05, 0) is 56.6 Å². The fraction of sp³-hybridized carbons (Fsp3) is 0.739. The third kappa shape index (κ3) is 7.47. The van der Waals surface area contributed by atoms with Crippen LogP contribution in [-0.2, 0) is 11.2 Å². The van der Waals surface area contributed by atoms with E-state index in [2.05, 4.69) is 18.8 Å². The number of carbonyl (C=O) groups is 1. The van der Waals surface area contributed by atoms with E-state index in [1.807, 2.05) is 12.1 Å². The summed E-state index contributed by atoms with van der Waals surface area (Å²) in [5.41, 5.74) is 1.09. The molecule has 0 amide bonds. The maximum atomic E-state index is 12.4. The number of esters is 1. The molecule has 1 saturated carbocycles. The minimum absolute atomic E-state index is 0.0602. The number of pyridine rings is 1. The van der Waals surface area contributed by atoms with E-state index in [1.165, 1.54) is 64.2 Å². The first-order valence-electron chi connectivity index (χ1n) is 10.9. The molecule has 0 saturated heterocycles. The molecule has 0 N–H and O–H groups in total. The van der Waals surface area contributed by atoms with Gasteiger partial charge >= 0.3 is 5.97 Å². The molecule has 1 aromatic rings. The molecule has 0 unspecified atom stereocenters. The van der Waals surface area contributed by atoms with Gasteiger partial charge in [-0.25, -0.2) is 0 Å². The zero-order valence-corrected chi connectivity index (χ0v) is 16.8. The molecule has 146 valence electrons. The third-order valence-electron chi connectivity index (χ3n) is 5.70.